The van der Waals surface area contributed by atoms with Crippen molar-refractivity contribution in [2.24, 2.45) is 5.10 Å². The molecule has 0 amide bonds. The average Bonchev–Trinajstić information content (AvgIpc) is 3.50. The summed E-state index contributed by atoms with van der Waals surface area (Å²) in [5.41, 5.74) is 4.57. The number of halogens is 1. The normalized spacial score (nSPS) is 11.4. The van der Waals surface area contributed by atoms with E-state index in [0.717, 1.165) is 28.0 Å². The van der Waals surface area contributed by atoms with E-state index in [1.165, 1.54) is 4.68 Å². The molecule has 0 atom stereocenters. The molecule has 0 N–H and O–H groups in total. The Bertz CT molecular complexity index is 2030. The van der Waals surface area contributed by atoms with Gasteiger partial charge in [-0.2, -0.15) is 15.0 Å². The van der Waals surface area contributed by atoms with Crippen molar-refractivity contribution >= 4 is 39.7 Å². The zero-order valence-corrected chi connectivity index (χ0v) is 22.4. The van der Waals surface area contributed by atoms with Crippen LogP contribution in [0, 0.1) is 25.2 Å². The predicted octanol–water partition coefficient (Wildman–Crippen LogP) is 6.66. The van der Waals surface area contributed by atoms with Crippen molar-refractivity contribution in [3.05, 3.63) is 111 Å². The highest BCUT2D eigenvalue weighted by molar-refractivity contribution is 6.31. The summed E-state index contributed by atoms with van der Waals surface area (Å²) in [7, 11) is 0. The summed E-state index contributed by atoms with van der Waals surface area (Å²) in [6, 6.07) is 25.8. The highest BCUT2D eigenvalue weighted by Crippen LogP contribution is 2.29. The van der Waals surface area contributed by atoms with Gasteiger partial charge in [0, 0.05) is 33.0 Å². The summed E-state index contributed by atoms with van der Waals surface area (Å²) in [4.78, 5) is 18.4. The van der Waals surface area contributed by atoms with Crippen LogP contribution in [0.2, 0.25) is 5.02 Å². The van der Waals surface area contributed by atoms with Crippen LogP contribution in [0.3, 0.4) is 0 Å². The standard InChI is InChI=1S/C31H22ClN5O3/c1-19-15-22(20(2)36(19)24-8-10-25(11-9-24)39-14-13-33)18-34-37-30(35-27-6-4-3-5-26(27)31(37)38)29-17-21-16-23(32)7-12-28(21)40-29/h3-12,15-18H,14H2,1-2H3. The molecule has 0 saturated heterocycles. The lowest BCUT2D eigenvalue weighted by molar-refractivity contribution is 0.368. The molecule has 196 valence electrons. The van der Waals surface area contributed by atoms with Gasteiger partial charge in [-0.15, -0.1) is 0 Å². The number of fused-ring (bicyclic) bond motifs is 2. The van der Waals surface area contributed by atoms with Crippen molar-refractivity contribution in [1.82, 2.24) is 14.2 Å². The van der Waals surface area contributed by atoms with E-state index in [9.17, 15) is 4.79 Å². The SMILES string of the molecule is Cc1cc(C=Nn2c(-c3cc4cc(Cl)ccc4o3)nc3ccccc3c2=O)c(C)n1-c1ccc(OCC#N)cc1. The predicted molar refractivity (Wildman–Crippen MR) is 156 cm³/mol. The second kappa shape index (κ2) is 10.2. The maximum absolute atomic E-state index is 13.6. The Balaban J connectivity index is 1.44. The fraction of sp³-hybridized carbons (Fsp3) is 0.0968. The molecule has 0 spiro atoms. The van der Waals surface area contributed by atoms with Gasteiger partial charge in [0.25, 0.3) is 5.56 Å². The van der Waals surface area contributed by atoms with E-state index in [0.29, 0.717) is 33.0 Å². The van der Waals surface area contributed by atoms with Crippen molar-refractivity contribution in [2.45, 2.75) is 13.8 Å². The van der Waals surface area contributed by atoms with Gasteiger partial charge in [-0.25, -0.2) is 4.98 Å². The number of ether oxygens (including phenoxy) is 1. The molecule has 0 saturated carbocycles. The number of rotatable bonds is 6. The first kappa shape index (κ1) is 25.2. The lowest BCUT2D eigenvalue weighted by atomic mass is 10.2. The number of nitrogens with zero attached hydrogens (tertiary/aromatic N) is 5. The van der Waals surface area contributed by atoms with Crippen molar-refractivity contribution < 1.29 is 9.15 Å². The van der Waals surface area contributed by atoms with Crippen LogP contribution in [0.25, 0.3) is 39.1 Å². The minimum absolute atomic E-state index is 0.00566. The first-order valence-electron chi connectivity index (χ1n) is 12.5. The monoisotopic (exact) mass is 547 g/mol. The van der Waals surface area contributed by atoms with Gasteiger partial charge in [0.15, 0.2) is 12.4 Å². The molecule has 40 heavy (non-hydrogen) atoms. The first-order chi connectivity index (χ1) is 19.4. The first-order valence-corrected chi connectivity index (χ1v) is 12.9. The maximum atomic E-state index is 13.6. The molecule has 8 nitrogen and oxygen atoms in total. The van der Waals surface area contributed by atoms with Crippen LogP contribution in [0.1, 0.15) is 17.0 Å². The van der Waals surface area contributed by atoms with Crippen LogP contribution < -0.4 is 10.3 Å². The van der Waals surface area contributed by atoms with Gasteiger partial charge in [0.2, 0.25) is 5.82 Å². The molecule has 3 heterocycles. The van der Waals surface area contributed by atoms with Gasteiger partial charge < -0.3 is 13.7 Å². The Morgan fingerprint density at radius 3 is 2.67 bits per heavy atom. The topological polar surface area (TPSA) is 98.3 Å². The molecule has 0 fully saturated rings. The third kappa shape index (κ3) is 4.53. The van der Waals surface area contributed by atoms with E-state index in [-0.39, 0.29) is 18.0 Å². The number of para-hydroxylation sites is 1. The highest BCUT2D eigenvalue weighted by atomic mass is 35.5. The third-order valence-corrected chi connectivity index (χ3v) is 6.87. The Kier molecular flexibility index (Phi) is 6.42. The second-order valence-electron chi connectivity index (χ2n) is 9.21. The zero-order valence-electron chi connectivity index (χ0n) is 21.6. The molecule has 0 aliphatic heterocycles. The number of nitriles is 1. The average molecular weight is 548 g/mol. The van der Waals surface area contributed by atoms with Crippen LogP contribution in [-0.2, 0) is 0 Å². The smallest absolute Gasteiger partial charge is 0.282 e. The van der Waals surface area contributed by atoms with E-state index in [1.807, 2.05) is 56.3 Å². The molecule has 6 aromatic rings. The summed E-state index contributed by atoms with van der Waals surface area (Å²) in [5, 5.41) is 15.2. The largest absolute Gasteiger partial charge is 0.479 e. The van der Waals surface area contributed by atoms with Crippen LogP contribution in [0.4, 0.5) is 0 Å². The number of aromatic nitrogens is 3. The number of aryl methyl sites for hydroxylation is 1. The molecule has 0 radical (unpaired) electrons. The quantitative estimate of drug-likeness (QED) is 0.217. The Labute approximate surface area is 233 Å². The molecule has 9 heteroatoms. The Morgan fingerprint density at radius 1 is 1.07 bits per heavy atom. The number of hydrogen-bond acceptors (Lipinski definition) is 6. The van der Waals surface area contributed by atoms with Crippen molar-refractivity contribution in [3.63, 3.8) is 0 Å². The molecule has 0 bridgehead atoms. The molecule has 0 aliphatic carbocycles. The fourth-order valence-corrected chi connectivity index (χ4v) is 4.94. The minimum Gasteiger partial charge on any atom is -0.479 e. The van der Waals surface area contributed by atoms with Crippen molar-refractivity contribution in [3.8, 4) is 29.1 Å². The molecular weight excluding hydrogens is 526 g/mol. The summed E-state index contributed by atoms with van der Waals surface area (Å²) in [5.74, 6) is 1.31. The second-order valence-corrected chi connectivity index (χ2v) is 9.65. The van der Waals surface area contributed by atoms with Crippen molar-refractivity contribution in [1.29, 1.82) is 5.26 Å². The van der Waals surface area contributed by atoms with Crippen LogP contribution in [0.15, 0.2) is 93.2 Å². The molecule has 0 unspecified atom stereocenters. The van der Waals surface area contributed by atoms with Gasteiger partial charge in [0.05, 0.1) is 17.1 Å². The summed E-state index contributed by atoms with van der Waals surface area (Å²) < 4.78 is 14.8. The van der Waals surface area contributed by atoms with Gasteiger partial charge in [-0.3, -0.25) is 4.79 Å². The molecular formula is C31H22ClN5O3. The Hall–Kier alpha value is -5.13. The van der Waals surface area contributed by atoms with Gasteiger partial charge in [0.1, 0.15) is 17.4 Å². The van der Waals surface area contributed by atoms with Gasteiger partial charge in [-0.1, -0.05) is 23.7 Å². The summed E-state index contributed by atoms with van der Waals surface area (Å²) in [6.07, 6.45) is 1.66. The van der Waals surface area contributed by atoms with E-state index < -0.39 is 0 Å². The number of benzene rings is 3. The van der Waals surface area contributed by atoms with E-state index in [2.05, 4.69) is 9.67 Å². The van der Waals surface area contributed by atoms with Crippen molar-refractivity contribution in [2.75, 3.05) is 6.61 Å². The molecule has 6 rings (SSSR count). The van der Waals surface area contributed by atoms with Crippen LogP contribution in [-0.4, -0.2) is 27.0 Å². The van der Waals surface area contributed by atoms with Crippen LogP contribution in [0.5, 0.6) is 5.75 Å². The Morgan fingerprint density at radius 2 is 1.88 bits per heavy atom. The minimum atomic E-state index is -0.308. The summed E-state index contributed by atoms with van der Waals surface area (Å²) >= 11 is 6.17. The third-order valence-electron chi connectivity index (χ3n) is 6.63. The number of furan rings is 1. The fourth-order valence-electron chi connectivity index (χ4n) is 4.76. The maximum Gasteiger partial charge on any atom is 0.282 e. The van der Waals surface area contributed by atoms with Crippen LogP contribution >= 0.6 is 11.6 Å². The van der Waals surface area contributed by atoms with Gasteiger partial charge >= 0.3 is 0 Å². The molecule has 3 aromatic heterocycles. The molecule has 3 aromatic carbocycles. The zero-order chi connectivity index (χ0) is 27.8. The summed E-state index contributed by atoms with van der Waals surface area (Å²) in [6.45, 7) is 3.98. The van der Waals surface area contributed by atoms with Gasteiger partial charge in [-0.05, 0) is 80.6 Å². The molecule has 0 aliphatic rings. The highest BCUT2D eigenvalue weighted by Gasteiger charge is 2.17. The lowest BCUT2D eigenvalue weighted by Gasteiger charge is -2.10. The lowest BCUT2D eigenvalue weighted by Crippen LogP contribution is -2.20. The van der Waals surface area contributed by atoms with E-state index in [4.69, 9.17) is 31.0 Å². The van der Waals surface area contributed by atoms with E-state index in [1.54, 1.807) is 48.7 Å². The number of hydrogen-bond donors (Lipinski definition) is 0. The van der Waals surface area contributed by atoms with E-state index >= 15 is 0 Å².